The zero-order valence-corrected chi connectivity index (χ0v) is 12.6. The molecule has 3 rings (SSSR count). The van der Waals surface area contributed by atoms with Crippen LogP contribution in [0.2, 0.25) is 0 Å². The van der Waals surface area contributed by atoms with Crippen LogP contribution in [0.4, 0.5) is 4.39 Å². The van der Waals surface area contributed by atoms with E-state index in [0.29, 0.717) is 18.7 Å². The summed E-state index contributed by atoms with van der Waals surface area (Å²) in [7, 11) is 0. The maximum absolute atomic E-state index is 13.2. The van der Waals surface area contributed by atoms with Crippen molar-refractivity contribution in [2.45, 2.75) is 37.9 Å². The zero-order chi connectivity index (χ0) is 15.4. The lowest BCUT2D eigenvalue weighted by Gasteiger charge is -2.29. The highest BCUT2D eigenvalue weighted by Crippen LogP contribution is 2.29. The second-order valence-corrected chi connectivity index (χ2v) is 5.90. The molecule has 1 aliphatic carbocycles. The van der Waals surface area contributed by atoms with Crippen molar-refractivity contribution in [3.05, 3.63) is 53.4 Å². The number of fused-ring (bicyclic) bond motifs is 1. The Kier molecular flexibility index (Phi) is 4.90. The number of aliphatic hydroxyl groups is 1. The average Bonchev–Trinajstić information content (AvgIpc) is 2.55. The lowest BCUT2D eigenvalue weighted by atomic mass is 9.99. The molecule has 1 aliphatic heterocycles. The van der Waals surface area contributed by atoms with Gasteiger partial charge >= 0.3 is 0 Å². The third-order valence-corrected chi connectivity index (χ3v) is 4.18. The Labute approximate surface area is 130 Å². The molecule has 2 atom stereocenters. The molecule has 0 aromatic heterocycles. The molecule has 0 spiro atoms. The standard InChI is InChI=1S/C18H22FNO2/c19-15-7-9-17-14(10-15)6-8-18(22-17)16(21)12-20-11-13-4-2-1-3-5-13/h2,4-5,7,9-10,16,18,20-21H,1,3,6,8,11-12H2/t16-,18+/m0/s1. The highest BCUT2D eigenvalue weighted by molar-refractivity contribution is 5.36. The Morgan fingerprint density at radius 1 is 1.36 bits per heavy atom. The predicted octanol–water partition coefficient (Wildman–Crippen LogP) is 2.75. The summed E-state index contributed by atoms with van der Waals surface area (Å²) in [6.45, 7) is 1.26. The summed E-state index contributed by atoms with van der Waals surface area (Å²) in [4.78, 5) is 0. The van der Waals surface area contributed by atoms with Crippen LogP contribution >= 0.6 is 0 Å². The van der Waals surface area contributed by atoms with Crippen molar-refractivity contribution in [3.8, 4) is 5.75 Å². The predicted molar refractivity (Wildman–Crippen MR) is 84.5 cm³/mol. The molecule has 1 aromatic rings. The number of nitrogens with one attached hydrogen (secondary N) is 1. The number of benzene rings is 1. The van der Waals surface area contributed by atoms with Gasteiger partial charge in [0.25, 0.3) is 0 Å². The highest BCUT2D eigenvalue weighted by atomic mass is 19.1. The van der Waals surface area contributed by atoms with Crippen LogP contribution in [0.1, 0.15) is 24.8 Å². The minimum atomic E-state index is -0.564. The number of hydrogen-bond acceptors (Lipinski definition) is 3. The number of ether oxygens (including phenoxy) is 1. The molecule has 0 unspecified atom stereocenters. The summed E-state index contributed by atoms with van der Waals surface area (Å²) in [6.07, 6.45) is 9.38. The van der Waals surface area contributed by atoms with Crippen molar-refractivity contribution in [2.24, 2.45) is 0 Å². The Morgan fingerprint density at radius 3 is 3.09 bits per heavy atom. The normalized spacial score (nSPS) is 21.7. The van der Waals surface area contributed by atoms with E-state index in [9.17, 15) is 9.50 Å². The Bertz CT molecular complexity index is 582. The third-order valence-electron chi connectivity index (χ3n) is 4.18. The van der Waals surface area contributed by atoms with Gasteiger partial charge in [-0.1, -0.05) is 18.2 Å². The molecular weight excluding hydrogens is 281 g/mol. The molecule has 0 fully saturated rings. The molecule has 2 aliphatic rings. The van der Waals surface area contributed by atoms with Gasteiger partial charge in [0.05, 0.1) is 0 Å². The smallest absolute Gasteiger partial charge is 0.126 e. The summed E-state index contributed by atoms with van der Waals surface area (Å²) in [5.74, 6) is 0.450. The molecule has 0 amide bonds. The topological polar surface area (TPSA) is 41.5 Å². The van der Waals surface area contributed by atoms with E-state index >= 15 is 0 Å². The summed E-state index contributed by atoms with van der Waals surface area (Å²) in [5.41, 5.74) is 2.15. The molecule has 0 saturated heterocycles. The Morgan fingerprint density at radius 2 is 2.27 bits per heavy atom. The largest absolute Gasteiger partial charge is 0.487 e. The van der Waals surface area contributed by atoms with Gasteiger partial charge in [-0.05, 0) is 55.0 Å². The van der Waals surface area contributed by atoms with Crippen molar-refractivity contribution in [2.75, 3.05) is 13.1 Å². The van der Waals surface area contributed by atoms with Crippen LogP contribution in [0.15, 0.2) is 42.0 Å². The first-order valence-electron chi connectivity index (χ1n) is 7.92. The summed E-state index contributed by atoms with van der Waals surface area (Å²) < 4.78 is 19.0. The first-order valence-corrected chi connectivity index (χ1v) is 7.92. The van der Waals surface area contributed by atoms with E-state index < -0.39 is 6.10 Å². The zero-order valence-electron chi connectivity index (χ0n) is 12.6. The van der Waals surface area contributed by atoms with E-state index in [1.165, 1.54) is 17.7 Å². The van der Waals surface area contributed by atoms with Gasteiger partial charge in [-0.15, -0.1) is 0 Å². The number of allylic oxidation sites excluding steroid dienone is 2. The van der Waals surface area contributed by atoms with Gasteiger partial charge < -0.3 is 15.2 Å². The van der Waals surface area contributed by atoms with Crippen molar-refractivity contribution in [1.29, 1.82) is 0 Å². The highest BCUT2D eigenvalue weighted by Gasteiger charge is 2.26. The van der Waals surface area contributed by atoms with Crippen molar-refractivity contribution >= 4 is 0 Å². The van der Waals surface area contributed by atoms with Crippen LogP contribution in [0.5, 0.6) is 5.75 Å². The Balaban J connectivity index is 1.49. The van der Waals surface area contributed by atoms with E-state index in [0.717, 1.165) is 31.4 Å². The SMILES string of the molecule is O[C@@H](CNCC1=CCCC=C1)[C@H]1CCc2cc(F)ccc2O1. The average molecular weight is 303 g/mol. The minimum absolute atomic E-state index is 0.235. The van der Waals surface area contributed by atoms with Crippen molar-refractivity contribution in [3.63, 3.8) is 0 Å². The number of aliphatic hydroxyl groups excluding tert-OH is 1. The van der Waals surface area contributed by atoms with Crippen molar-refractivity contribution < 1.29 is 14.2 Å². The number of halogens is 1. The fraction of sp³-hybridized carbons (Fsp3) is 0.444. The number of hydrogen-bond donors (Lipinski definition) is 2. The quantitative estimate of drug-likeness (QED) is 0.879. The maximum atomic E-state index is 13.2. The second-order valence-electron chi connectivity index (χ2n) is 5.90. The minimum Gasteiger partial charge on any atom is -0.487 e. The molecule has 0 bridgehead atoms. The number of rotatable bonds is 5. The van der Waals surface area contributed by atoms with Gasteiger partial charge in [0, 0.05) is 13.1 Å². The third kappa shape index (κ3) is 3.76. The van der Waals surface area contributed by atoms with Crippen LogP contribution in [0, 0.1) is 5.82 Å². The van der Waals surface area contributed by atoms with Crippen LogP contribution < -0.4 is 10.1 Å². The molecule has 2 N–H and O–H groups in total. The fourth-order valence-electron chi connectivity index (χ4n) is 2.94. The molecule has 0 saturated carbocycles. The molecule has 4 heteroatoms. The van der Waals surface area contributed by atoms with Crippen LogP contribution in [0.25, 0.3) is 0 Å². The summed E-state index contributed by atoms with van der Waals surface area (Å²) >= 11 is 0. The molecule has 3 nitrogen and oxygen atoms in total. The molecule has 22 heavy (non-hydrogen) atoms. The molecular formula is C18H22FNO2. The second kappa shape index (κ2) is 7.07. The number of aryl methyl sites for hydroxylation is 1. The molecule has 0 radical (unpaired) electrons. The first-order chi connectivity index (χ1) is 10.7. The van der Waals surface area contributed by atoms with Crippen LogP contribution in [-0.4, -0.2) is 30.4 Å². The maximum Gasteiger partial charge on any atom is 0.126 e. The van der Waals surface area contributed by atoms with Crippen LogP contribution in [0.3, 0.4) is 0 Å². The van der Waals surface area contributed by atoms with E-state index in [-0.39, 0.29) is 11.9 Å². The van der Waals surface area contributed by atoms with E-state index in [1.807, 2.05) is 0 Å². The van der Waals surface area contributed by atoms with Gasteiger partial charge in [0.2, 0.25) is 0 Å². The van der Waals surface area contributed by atoms with Gasteiger partial charge in [0.15, 0.2) is 0 Å². The van der Waals surface area contributed by atoms with Gasteiger partial charge in [-0.3, -0.25) is 0 Å². The lowest BCUT2D eigenvalue weighted by molar-refractivity contribution is 0.0249. The first kappa shape index (κ1) is 15.3. The van der Waals surface area contributed by atoms with E-state index in [4.69, 9.17) is 4.74 Å². The van der Waals surface area contributed by atoms with Gasteiger partial charge in [-0.25, -0.2) is 4.39 Å². The fourth-order valence-corrected chi connectivity index (χ4v) is 2.94. The molecule has 118 valence electrons. The van der Waals surface area contributed by atoms with E-state index in [2.05, 4.69) is 23.5 Å². The van der Waals surface area contributed by atoms with Crippen molar-refractivity contribution in [1.82, 2.24) is 5.32 Å². The molecule has 1 aromatic carbocycles. The van der Waals surface area contributed by atoms with Gasteiger partial charge in [-0.2, -0.15) is 0 Å². The molecule has 1 heterocycles. The Hall–Kier alpha value is -1.65. The van der Waals surface area contributed by atoms with Crippen LogP contribution in [-0.2, 0) is 6.42 Å². The summed E-state index contributed by atoms with van der Waals surface area (Å²) in [6, 6.07) is 4.56. The van der Waals surface area contributed by atoms with Gasteiger partial charge in [0.1, 0.15) is 23.8 Å². The van der Waals surface area contributed by atoms with E-state index in [1.54, 1.807) is 6.07 Å². The monoisotopic (exact) mass is 303 g/mol. The lowest BCUT2D eigenvalue weighted by Crippen LogP contribution is -2.42. The summed E-state index contributed by atoms with van der Waals surface area (Å²) in [5, 5.41) is 13.6.